The van der Waals surface area contributed by atoms with Crippen LogP contribution in [0, 0.1) is 0 Å². The highest BCUT2D eigenvalue weighted by molar-refractivity contribution is 7.89. The summed E-state index contributed by atoms with van der Waals surface area (Å²) in [6, 6.07) is 20.7. The Bertz CT molecular complexity index is 1470. The standard InChI is InChI=1S/C28H28N2O7S/c1-29(2)38(34,35)23-14-12-19(13-15-23)26(31)24-25(30(16-17-36-3)28(33)27(24)32)20-8-7-11-22(18-20)37-21-9-5-4-6-10-21/h4-15,18,25,31H,16-17H2,1-3H3. The van der Waals surface area contributed by atoms with Crippen molar-refractivity contribution in [1.82, 2.24) is 9.21 Å². The fourth-order valence-corrected chi connectivity index (χ4v) is 5.07. The summed E-state index contributed by atoms with van der Waals surface area (Å²) in [6.45, 7) is 0.299. The SMILES string of the molecule is COCCN1C(=O)C(=O)C(=C(O)c2ccc(S(=O)(=O)N(C)C)cc2)C1c1cccc(Oc2ccccc2)c1. The van der Waals surface area contributed by atoms with Crippen LogP contribution in [-0.4, -0.2) is 68.8 Å². The van der Waals surface area contributed by atoms with E-state index < -0.39 is 33.5 Å². The number of rotatable bonds is 9. The Labute approximate surface area is 221 Å². The minimum absolute atomic E-state index is 0.0295. The third-order valence-corrected chi connectivity index (χ3v) is 7.96. The lowest BCUT2D eigenvalue weighted by molar-refractivity contribution is -0.140. The normalized spacial score (nSPS) is 17.3. The maximum absolute atomic E-state index is 13.2. The van der Waals surface area contributed by atoms with Crippen molar-refractivity contribution in [2.45, 2.75) is 10.9 Å². The number of aliphatic hydroxyl groups is 1. The number of para-hydroxylation sites is 1. The molecule has 1 unspecified atom stereocenters. The van der Waals surface area contributed by atoms with Gasteiger partial charge in [0, 0.05) is 33.3 Å². The van der Waals surface area contributed by atoms with Crippen molar-refractivity contribution < 1.29 is 32.6 Å². The number of benzene rings is 3. The third-order valence-electron chi connectivity index (χ3n) is 6.14. The van der Waals surface area contributed by atoms with Crippen LogP contribution in [0.15, 0.2) is 89.3 Å². The molecule has 1 fully saturated rings. The number of aliphatic hydroxyl groups excluding tert-OH is 1. The highest BCUT2D eigenvalue weighted by atomic mass is 32.2. The Balaban J connectivity index is 1.79. The predicted molar refractivity (Wildman–Crippen MR) is 141 cm³/mol. The van der Waals surface area contributed by atoms with E-state index in [4.69, 9.17) is 9.47 Å². The second-order valence-corrected chi connectivity index (χ2v) is 10.9. The van der Waals surface area contributed by atoms with E-state index in [1.807, 2.05) is 18.2 Å². The first kappa shape index (κ1) is 27.1. The van der Waals surface area contributed by atoms with Gasteiger partial charge in [-0.15, -0.1) is 0 Å². The number of sulfonamides is 1. The van der Waals surface area contributed by atoms with E-state index in [2.05, 4.69) is 0 Å². The van der Waals surface area contributed by atoms with E-state index in [-0.39, 0.29) is 29.2 Å². The predicted octanol–water partition coefficient (Wildman–Crippen LogP) is 3.80. The van der Waals surface area contributed by atoms with Crippen LogP contribution in [0.3, 0.4) is 0 Å². The summed E-state index contributed by atoms with van der Waals surface area (Å²) in [5, 5.41) is 11.2. The molecule has 10 heteroatoms. The monoisotopic (exact) mass is 536 g/mol. The molecule has 0 spiro atoms. The molecule has 198 valence electrons. The van der Waals surface area contributed by atoms with Gasteiger partial charge in [0.15, 0.2) is 0 Å². The van der Waals surface area contributed by atoms with E-state index in [0.29, 0.717) is 17.1 Å². The summed E-state index contributed by atoms with van der Waals surface area (Å²) in [5.41, 5.74) is 0.655. The smallest absolute Gasteiger partial charge is 0.295 e. The first-order valence-electron chi connectivity index (χ1n) is 11.8. The van der Waals surface area contributed by atoms with Gasteiger partial charge in [0.1, 0.15) is 17.3 Å². The van der Waals surface area contributed by atoms with Gasteiger partial charge in [-0.1, -0.05) is 30.3 Å². The zero-order chi connectivity index (χ0) is 27.4. The molecule has 1 amide bonds. The van der Waals surface area contributed by atoms with Gasteiger partial charge in [-0.25, -0.2) is 12.7 Å². The fraction of sp³-hybridized carbons (Fsp3) is 0.214. The number of ketones is 1. The van der Waals surface area contributed by atoms with Crippen LogP contribution in [0.1, 0.15) is 17.2 Å². The number of ether oxygens (including phenoxy) is 2. The molecule has 4 rings (SSSR count). The van der Waals surface area contributed by atoms with Crippen LogP contribution in [0.2, 0.25) is 0 Å². The first-order chi connectivity index (χ1) is 18.1. The van der Waals surface area contributed by atoms with E-state index in [9.17, 15) is 23.1 Å². The van der Waals surface area contributed by atoms with Crippen molar-refractivity contribution in [3.05, 3.63) is 95.6 Å². The van der Waals surface area contributed by atoms with E-state index in [1.54, 1.807) is 36.4 Å². The van der Waals surface area contributed by atoms with Crippen molar-refractivity contribution in [2.75, 3.05) is 34.4 Å². The summed E-state index contributed by atoms with van der Waals surface area (Å²) in [5.74, 6) is -0.913. The molecule has 1 aliphatic heterocycles. The molecular weight excluding hydrogens is 508 g/mol. The average Bonchev–Trinajstić information content (AvgIpc) is 3.17. The first-order valence-corrected chi connectivity index (χ1v) is 13.2. The summed E-state index contributed by atoms with van der Waals surface area (Å²) in [4.78, 5) is 27.6. The number of nitrogens with zero attached hydrogens (tertiary/aromatic N) is 2. The maximum Gasteiger partial charge on any atom is 0.295 e. The summed E-state index contributed by atoms with van der Waals surface area (Å²) in [7, 11) is 0.641. The van der Waals surface area contributed by atoms with Crippen molar-refractivity contribution in [1.29, 1.82) is 0 Å². The Kier molecular flexibility index (Phi) is 7.96. The summed E-state index contributed by atoms with van der Waals surface area (Å²) < 4.78 is 37.0. The Morgan fingerprint density at radius 3 is 2.24 bits per heavy atom. The van der Waals surface area contributed by atoms with Crippen LogP contribution in [0.25, 0.3) is 5.76 Å². The van der Waals surface area contributed by atoms with Crippen LogP contribution in [0.4, 0.5) is 0 Å². The third kappa shape index (κ3) is 5.33. The number of hydrogen-bond acceptors (Lipinski definition) is 7. The minimum atomic E-state index is -3.68. The van der Waals surface area contributed by atoms with Crippen molar-refractivity contribution >= 4 is 27.5 Å². The van der Waals surface area contributed by atoms with Crippen LogP contribution in [-0.2, 0) is 24.3 Å². The van der Waals surface area contributed by atoms with Gasteiger partial charge in [-0.2, -0.15) is 0 Å². The number of likely N-dealkylation sites (tertiary alicyclic amines) is 1. The van der Waals surface area contributed by atoms with Gasteiger partial charge >= 0.3 is 0 Å². The van der Waals surface area contributed by atoms with Gasteiger partial charge in [0.05, 0.1) is 23.1 Å². The molecular formula is C28H28N2O7S. The summed E-state index contributed by atoms with van der Waals surface area (Å²) in [6.07, 6.45) is 0. The van der Waals surface area contributed by atoms with Gasteiger partial charge in [-0.3, -0.25) is 9.59 Å². The molecule has 1 aliphatic rings. The second kappa shape index (κ2) is 11.2. The second-order valence-electron chi connectivity index (χ2n) is 8.78. The highest BCUT2D eigenvalue weighted by Crippen LogP contribution is 2.40. The molecule has 1 heterocycles. The molecule has 0 aliphatic carbocycles. The fourth-order valence-electron chi connectivity index (χ4n) is 4.17. The topological polar surface area (TPSA) is 113 Å². The lowest BCUT2D eigenvalue weighted by Crippen LogP contribution is -2.32. The molecule has 9 nitrogen and oxygen atoms in total. The molecule has 0 radical (unpaired) electrons. The highest BCUT2D eigenvalue weighted by Gasteiger charge is 2.46. The molecule has 1 saturated heterocycles. The Morgan fingerprint density at radius 1 is 0.947 bits per heavy atom. The number of carbonyl (C=O) groups excluding carboxylic acids is 2. The molecule has 0 aromatic heterocycles. The van der Waals surface area contributed by atoms with E-state index in [0.717, 1.165) is 4.31 Å². The van der Waals surface area contributed by atoms with Crippen molar-refractivity contribution in [3.63, 3.8) is 0 Å². The maximum atomic E-state index is 13.2. The molecule has 38 heavy (non-hydrogen) atoms. The van der Waals surface area contributed by atoms with Gasteiger partial charge in [-0.05, 0) is 54.1 Å². The van der Waals surface area contributed by atoms with Crippen molar-refractivity contribution in [3.8, 4) is 11.5 Å². The van der Waals surface area contributed by atoms with Crippen LogP contribution >= 0.6 is 0 Å². The van der Waals surface area contributed by atoms with E-state index >= 15 is 0 Å². The van der Waals surface area contributed by atoms with Gasteiger partial charge in [0.2, 0.25) is 10.0 Å². The van der Waals surface area contributed by atoms with Gasteiger partial charge in [0.25, 0.3) is 11.7 Å². The van der Waals surface area contributed by atoms with Crippen LogP contribution in [0.5, 0.6) is 11.5 Å². The number of carbonyl (C=O) groups is 2. The largest absolute Gasteiger partial charge is 0.507 e. The number of amides is 1. The molecule has 1 N–H and O–H groups in total. The summed E-state index contributed by atoms with van der Waals surface area (Å²) >= 11 is 0. The Morgan fingerprint density at radius 2 is 1.61 bits per heavy atom. The zero-order valence-electron chi connectivity index (χ0n) is 21.2. The lowest BCUT2D eigenvalue weighted by Gasteiger charge is -2.25. The zero-order valence-corrected chi connectivity index (χ0v) is 22.0. The lowest BCUT2D eigenvalue weighted by atomic mass is 9.95. The average molecular weight is 537 g/mol. The Hall–Kier alpha value is -3.99. The molecule has 1 atom stereocenters. The molecule has 0 bridgehead atoms. The van der Waals surface area contributed by atoms with Crippen LogP contribution < -0.4 is 4.74 Å². The quantitative estimate of drug-likeness (QED) is 0.251. The number of Topliss-reactive ketones (excluding diaryl/α,β-unsaturated/α-hetero) is 1. The molecule has 0 saturated carbocycles. The number of hydrogen-bond donors (Lipinski definition) is 1. The van der Waals surface area contributed by atoms with E-state index in [1.165, 1.54) is 50.4 Å². The molecule has 3 aromatic rings. The molecule has 3 aromatic carbocycles. The minimum Gasteiger partial charge on any atom is -0.507 e. The van der Waals surface area contributed by atoms with Crippen molar-refractivity contribution in [2.24, 2.45) is 0 Å². The van der Waals surface area contributed by atoms with Gasteiger partial charge < -0.3 is 19.5 Å². The number of methoxy groups -OCH3 is 1.